The standard InChI is InChI=1S/C19H19BrFNO3/c1-22(10-13-8-15(20)3-5-17(13)21)19(23)14-7-12-9-16(24-2)4-6-18(12)25-11-14/h3-6,8-9,14H,7,10-11H2,1-2H3. The Morgan fingerprint density at radius 3 is 2.92 bits per heavy atom. The van der Waals surface area contributed by atoms with Crippen LogP contribution in [0.5, 0.6) is 11.5 Å². The van der Waals surface area contributed by atoms with E-state index in [0.29, 0.717) is 18.6 Å². The van der Waals surface area contributed by atoms with E-state index in [1.165, 1.54) is 6.07 Å². The van der Waals surface area contributed by atoms with E-state index in [1.54, 1.807) is 31.2 Å². The number of carbonyl (C=O) groups is 1. The summed E-state index contributed by atoms with van der Waals surface area (Å²) in [7, 11) is 3.29. The van der Waals surface area contributed by atoms with E-state index in [1.807, 2.05) is 18.2 Å². The fourth-order valence-electron chi connectivity index (χ4n) is 2.97. The Kier molecular flexibility index (Phi) is 5.27. The molecule has 0 aliphatic carbocycles. The van der Waals surface area contributed by atoms with E-state index >= 15 is 0 Å². The zero-order valence-corrected chi connectivity index (χ0v) is 15.7. The van der Waals surface area contributed by atoms with Gasteiger partial charge in [-0.2, -0.15) is 0 Å². The Hall–Kier alpha value is -2.08. The maximum Gasteiger partial charge on any atom is 0.229 e. The van der Waals surface area contributed by atoms with Gasteiger partial charge in [0.1, 0.15) is 23.9 Å². The number of nitrogens with zero attached hydrogens (tertiary/aromatic N) is 1. The minimum Gasteiger partial charge on any atom is -0.497 e. The first kappa shape index (κ1) is 17.7. The number of rotatable bonds is 4. The average Bonchev–Trinajstić information content (AvgIpc) is 2.63. The molecule has 0 spiro atoms. The SMILES string of the molecule is COc1ccc2c(c1)CC(C(=O)N(C)Cc1cc(Br)ccc1F)CO2. The van der Waals surface area contributed by atoms with E-state index < -0.39 is 0 Å². The lowest BCUT2D eigenvalue weighted by molar-refractivity contribution is -0.136. The number of hydrogen-bond donors (Lipinski definition) is 0. The summed E-state index contributed by atoms with van der Waals surface area (Å²) in [6.45, 7) is 0.537. The van der Waals surface area contributed by atoms with Gasteiger partial charge in [-0.3, -0.25) is 4.79 Å². The Labute approximate surface area is 154 Å². The number of carbonyl (C=O) groups excluding carboxylic acids is 1. The molecule has 1 heterocycles. The summed E-state index contributed by atoms with van der Waals surface area (Å²) < 4.78 is 25.6. The van der Waals surface area contributed by atoms with Crippen molar-refractivity contribution in [1.29, 1.82) is 0 Å². The van der Waals surface area contributed by atoms with Gasteiger partial charge in [-0.05, 0) is 48.4 Å². The molecule has 0 saturated carbocycles. The smallest absolute Gasteiger partial charge is 0.229 e. The van der Waals surface area contributed by atoms with Crippen molar-refractivity contribution in [3.8, 4) is 11.5 Å². The molecule has 1 aliphatic rings. The third kappa shape index (κ3) is 3.95. The zero-order chi connectivity index (χ0) is 18.0. The fraction of sp³-hybridized carbons (Fsp3) is 0.316. The Morgan fingerprint density at radius 1 is 1.36 bits per heavy atom. The van der Waals surface area contributed by atoms with Crippen molar-refractivity contribution in [2.75, 3.05) is 20.8 Å². The second kappa shape index (κ2) is 7.44. The number of ether oxygens (including phenoxy) is 2. The first-order valence-corrected chi connectivity index (χ1v) is 8.76. The number of hydrogen-bond acceptors (Lipinski definition) is 3. The van der Waals surface area contributed by atoms with E-state index in [2.05, 4.69) is 15.9 Å². The quantitative estimate of drug-likeness (QED) is 0.773. The Bertz CT molecular complexity index is 796. The normalized spacial score (nSPS) is 15.9. The first-order valence-electron chi connectivity index (χ1n) is 7.96. The number of fused-ring (bicyclic) bond motifs is 1. The largest absolute Gasteiger partial charge is 0.497 e. The van der Waals surface area contributed by atoms with Crippen LogP contribution in [0.2, 0.25) is 0 Å². The molecule has 0 saturated heterocycles. The average molecular weight is 408 g/mol. The lowest BCUT2D eigenvalue weighted by Crippen LogP contribution is -2.38. The molecule has 0 fully saturated rings. The van der Waals surface area contributed by atoms with Gasteiger partial charge >= 0.3 is 0 Å². The van der Waals surface area contributed by atoms with Crippen molar-refractivity contribution in [3.63, 3.8) is 0 Å². The summed E-state index contributed by atoms with van der Waals surface area (Å²) in [5, 5.41) is 0. The molecule has 0 radical (unpaired) electrons. The lowest BCUT2D eigenvalue weighted by atomic mass is 9.95. The van der Waals surface area contributed by atoms with E-state index in [0.717, 1.165) is 21.5 Å². The number of halogens is 2. The van der Waals surface area contributed by atoms with Gasteiger partial charge in [-0.15, -0.1) is 0 Å². The van der Waals surface area contributed by atoms with E-state index in [-0.39, 0.29) is 24.2 Å². The van der Waals surface area contributed by atoms with Crippen LogP contribution < -0.4 is 9.47 Å². The van der Waals surface area contributed by atoms with Gasteiger partial charge in [-0.25, -0.2) is 4.39 Å². The molecular weight excluding hydrogens is 389 g/mol. The predicted octanol–water partition coefficient (Wildman–Crippen LogP) is 3.81. The fourth-order valence-corrected chi connectivity index (χ4v) is 3.37. The molecule has 2 aromatic rings. The maximum atomic E-state index is 13.9. The third-order valence-electron chi connectivity index (χ3n) is 4.31. The topological polar surface area (TPSA) is 38.8 Å². The molecule has 3 rings (SSSR count). The van der Waals surface area contributed by atoms with Gasteiger partial charge in [0.15, 0.2) is 0 Å². The van der Waals surface area contributed by atoms with Gasteiger partial charge < -0.3 is 14.4 Å². The highest BCUT2D eigenvalue weighted by atomic mass is 79.9. The van der Waals surface area contributed by atoms with Crippen LogP contribution >= 0.6 is 15.9 Å². The summed E-state index contributed by atoms with van der Waals surface area (Å²) in [5.74, 6) is 0.844. The third-order valence-corrected chi connectivity index (χ3v) is 4.81. The van der Waals surface area contributed by atoms with Gasteiger partial charge in [0.2, 0.25) is 5.91 Å². The summed E-state index contributed by atoms with van der Waals surface area (Å²) in [4.78, 5) is 14.3. The molecule has 4 nitrogen and oxygen atoms in total. The van der Waals surface area contributed by atoms with Crippen LogP contribution in [0.4, 0.5) is 4.39 Å². The highest BCUT2D eigenvalue weighted by molar-refractivity contribution is 9.10. The van der Waals surface area contributed by atoms with Crippen LogP contribution in [0.25, 0.3) is 0 Å². The van der Waals surface area contributed by atoms with Crippen LogP contribution in [0.15, 0.2) is 40.9 Å². The van der Waals surface area contributed by atoms with Crippen LogP contribution in [0.1, 0.15) is 11.1 Å². The van der Waals surface area contributed by atoms with Gasteiger partial charge in [0.05, 0.1) is 13.0 Å². The van der Waals surface area contributed by atoms with Crippen LogP contribution in [0.3, 0.4) is 0 Å². The van der Waals surface area contributed by atoms with Crippen LogP contribution in [-0.4, -0.2) is 31.6 Å². The minimum atomic E-state index is -0.321. The molecule has 25 heavy (non-hydrogen) atoms. The van der Waals surface area contributed by atoms with E-state index in [9.17, 15) is 9.18 Å². The lowest BCUT2D eigenvalue weighted by Gasteiger charge is -2.28. The van der Waals surface area contributed by atoms with Crippen molar-refractivity contribution < 1.29 is 18.7 Å². The highest BCUT2D eigenvalue weighted by Crippen LogP contribution is 2.31. The van der Waals surface area contributed by atoms with Crippen LogP contribution in [0, 0.1) is 11.7 Å². The minimum absolute atomic E-state index is 0.0622. The number of benzene rings is 2. The number of amides is 1. The zero-order valence-electron chi connectivity index (χ0n) is 14.1. The maximum absolute atomic E-state index is 13.9. The molecule has 1 amide bonds. The van der Waals surface area contributed by atoms with Crippen LogP contribution in [-0.2, 0) is 17.8 Å². The first-order chi connectivity index (χ1) is 12.0. The summed E-state index contributed by atoms with van der Waals surface area (Å²) in [6.07, 6.45) is 0.580. The van der Waals surface area contributed by atoms with Crippen molar-refractivity contribution in [1.82, 2.24) is 4.90 Å². The molecule has 6 heteroatoms. The Morgan fingerprint density at radius 2 is 2.16 bits per heavy atom. The summed E-state index contributed by atoms with van der Waals surface area (Å²) in [5.41, 5.74) is 1.43. The summed E-state index contributed by atoms with van der Waals surface area (Å²) >= 11 is 3.33. The Balaban J connectivity index is 1.71. The molecule has 132 valence electrons. The second-order valence-corrected chi connectivity index (χ2v) is 7.03. The van der Waals surface area contributed by atoms with Crippen molar-refractivity contribution >= 4 is 21.8 Å². The predicted molar refractivity (Wildman–Crippen MR) is 96.3 cm³/mol. The molecule has 1 unspecified atom stereocenters. The van der Waals surface area contributed by atoms with Crippen molar-refractivity contribution in [2.45, 2.75) is 13.0 Å². The molecule has 1 atom stereocenters. The molecular formula is C19H19BrFNO3. The van der Waals surface area contributed by atoms with Gasteiger partial charge in [0.25, 0.3) is 0 Å². The summed E-state index contributed by atoms with van der Waals surface area (Å²) in [6, 6.07) is 10.3. The van der Waals surface area contributed by atoms with E-state index in [4.69, 9.17) is 9.47 Å². The van der Waals surface area contributed by atoms with Crippen molar-refractivity contribution in [2.24, 2.45) is 5.92 Å². The molecule has 0 N–H and O–H groups in total. The van der Waals surface area contributed by atoms with Crippen molar-refractivity contribution in [3.05, 3.63) is 57.8 Å². The molecule has 1 aliphatic heterocycles. The molecule has 2 aromatic carbocycles. The monoisotopic (exact) mass is 407 g/mol. The number of methoxy groups -OCH3 is 1. The molecule has 0 aromatic heterocycles. The van der Waals surface area contributed by atoms with Gasteiger partial charge in [0, 0.05) is 23.6 Å². The van der Waals surface area contributed by atoms with Gasteiger partial charge in [-0.1, -0.05) is 15.9 Å². The highest BCUT2D eigenvalue weighted by Gasteiger charge is 2.29. The second-order valence-electron chi connectivity index (χ2n) is 6.12. The molecule has 0 bridgehead atoms.